The molecule has 3 nitrogen and oxygen atoms in total. The van der Waals surface area contributed by atoms with E-state index in [0.29, 0.717) is 6.54 Å². The zero-order valence-corrected chi connectivity index (χ0v) is 8.10. The predicted octanol–water partition coefficient (Wildman–Crippen LogP) is 3.36. The summed E-state index contributed by atoms with van der Waals surface area (Å²) in [5.74, 6) is 0. The molecule has 0 N–H and O–H groups in total. The summed E-state index contributed by atoms with van der Waals surface area (Å²) in [7, 11) is 0. The lowest BCUT2D eigenvalue weighted by Crippen LogP contribution is -1.83. The van der Waals surface area contributed by atoms with Gasteiger partial charge >= 0.3 is 0 Å². The molecule has 0 fully saturated rings. The molecule has 0 aromatic carbocycles. The highest BCUT2D eigenvalue weighted by Gasteiger charge is 1.98. The lowest BCUT2D eigenvalue weighted by molar-refractivity contribution is 0.970. The topological polar surface area (TPSA) is 48.8 Å². The Morgan fingerprint density at radius 2 is 2.55 bits per heavy atom. The fourth-order valence-corrected chi connectivity index (χ4v) is 2.24. The van der Waals surface area contributed by atoms with E-state index in [1.54, 1.807) is 11.3 Å². The Balaban J connectivity index is 2.50. The molecule has 0 saturated carbocycles. The van der Waals surface area contributed by atoms with Gasteiger partial charge in [0.1, 0.15) is 0 Å². The molecule has 0 bridgehead atoms. The van der Waals surface area contributed by atoms with Crippen LogP contribution in [0.3, 0.4) is 0 Å². The number of azide groups is 1. The van der Waals surface area contributed by atoms with Gasteiger partial charge in [0.05, 0.1) is 0 Å². The van der Waals surface area contributed by atoms with Gasteiger partial charge in [-0.2, -0.15) is 0 Å². The van der Waals surface area contributed by atoms with Gasteiger partial charge in [-0.1, -0.05) is 5.11 Å². The van der Waals surface area contributed by atoms with Crippen LogP contribution >= 0.6 is 27.3 Å². The van der Waals surface area contributed by atoms with Gasteiger partial charge in [0.15, 0.2) is 0 Å². The van der Waals surface area contributed by atoms with E-state index in [9.17, 15) is 0 Å². The summed E-state index contributed by atoms with van der Waals surface area (Å²) in [5.41, 5.74) is 8.01. The number of hydrogen-bond acceptors (Lipinski definition) is 2. The molecule has 0 spiro atoms. The van der Waals surface area contributed by atoms with Gasteiger partial charge in [-0.05, 0) is 39.3 Å². The molecular weight excluding hydrogens is 226 g/mol. The van der Waals surface area contributed by atoms with E-state index in [4.69, 9.17) is 5.53 Å². The first-order chi connectivity index (χ1) is 5.34. The number of nitrogens with zero attached hydrogens (tertiary/aromatic N) is 3. The van der Waals surface area contributed by atoms with Crippen molar-refractivity contribution in [1.82, 2.24) is 0 Å². The van der Waals surface area contributed by atoms with E-state index in [1.165, 1.54) is 4.88 Å². The molecule has 1 aromatic heterocycles. The molecule has 0 amide bonds. The predicted molar refractivity (Wildman–Crippen MR) is 49.7 cm³/mol. The third-order valence-corrected chi connectivity index (χ3v) is 3.18. The van der Waals surface area contributed by atoms with Crippen LogP contribution in [-0.2, 0) is 6.42 Å². The Morgan fingerprint density at radius 3 is 3.09 bits per heavy atom. The van der Waals surface area contributed by atoms with Crippen LogP contribution in [-0.4, -0.2) is 6.54 Å². The Hall–Kier alpha value is -0.510. The molecular formula is C6H6BrN3S. The normalized spacial score (nSPS) is 9.18. The molecule has 11 heavy (non-hydrogen) atoms. The fourth-order valence-electron chi connectivity index (χ4n) is 0.700. The first-order valence-electron chi connectivity index (χ1n) is 3.07. The maximum Gasteiger partial charge on any atom is 0.0314 e. The second-order valence-corrected chi connectivity index (χ2v) is 3.75. The molecule has 1 rings (SSSR count). The summed E-state index contributed by atoms with van der Waals surface area (Å²) >= 11 is 5.06. The standard InChI is InChI=1S/C6H6BrN3S/c7-5-2-4-11-6(5)1-3-9-10-8/h2,4H,1,3H2. The summed E-state index contributed by atoms with van der Waals surface area (Å²) in [6, 6.07) is 2.00. The molecule has 0 aliphatic carbocycles. The molecule has 1 aromatic rings. The van der Waals surface area contributed by atoms with E-state index in [-0.39, 0.29) is 0 Å². The van der Waals surface area contributed by atoms with E-state index in [0.717, 1.165) is 10.9 Å². The average molecular weight is 232 g/mol. The number of hydrogen-bond donors (Lipinski definition) is 0. The number of thiophene rings is 1. The maximum atomic E-state index is 8.01. The molecule has 0 unspecified atom stereocenters. The van der Waals surface area contributed by atoms with Gasteiger partial charge in [-0.25, -0.2) is 0 Å². The van der Waals surface area contributed by atoms with Crippen LogP contribution in [0.15, 0.2) is 21.0 Å². The third kappa shape index (κ3) is 2.54. The molecule has 1 heterocycles. The van der Waals surface area contributed by atoms with Crippen LogP contribution in [0, 0.1) is 0 Å². The van der Waals surface area contributed by atoms with Gasteiger partial charge in [0.2, 0.25) is 0 Å². The van der Waals surface area contributed by atoms with Gasteiger partial charge in [-0.3, -0.25) is 0 Å². The second kappa shape index (κ2) is 4.38. The van der Waals surface area contributed by atoms with Gasteiger partial charge < -0.3 is 0 Å². The van der Waals surface area contributed by atoms with Crippen molar-refractivity contribution in [2.75, 3.05) is 6.54 Å². The first-order valence-corrected chi connectivity index (χ1v) is 4.74. The van der Waals surface area contributed by atoms with Crippen LogP contribution in [0.2, 0.25) is 0 Å². The van der Waals surface area contributed by atoms with Crippen LogP contribution in [0.1, 0.15) is 4.88 Å². The van der Waals surface area contributed by atoms with E-state index in [1.807, 2.05) is 11.4 Å². The zero-order chi connectivity index (χ0) is 8.10. The van der Waals surface area contributed by atoms with Crippen molar-refractivity contribution < 1.29 is 0 Å². The van der Waals surface area contributed by atoms with Crippen LogP contribution < -0.4 is 0 Å². The van der Waals surface area contributed by atoms with Crippen molar-refractivity contribution in [2.45, 2.75) is 6.42 Å². The highest BCUT2D eigenvalue weighted by molar-refractivity contribution is 9.10. The van der Waals surface area contributed by atoms with Crippen molar-refractivity contribution in [3.63, 3.8) is 0 Å². The highest BCUT2D eigenvalue weighted by atomic mass is 79.9. The monoisotopic (exact) mass is 231 g/mol. The summed E-state index contributed by atoms with van der Waals surface area (Å²) in [6.07, 6.45) is 0.822. The third-order valence-electron chi connectivity index (χ3n) is 1.19. The highest BCUT2D eigenvalue weighted by Crippen LogP contribution is 2.22. The SMILES string of the molecule is [N-]=[N+]=NCCc1sccc1Br. The summed E-state index contributed by atoms with van der Waals surface area (Å²) in [4.78, 5) is 3.91. The van der Waals surface area contributed by atoms with E-state index >= 15 is 0 Å². The molecule has 0 aliphatic heterocycles. The molecule has 0 saturated heterocycles. The lowest BCUT2D eigenvalue weighted by atomic mass is 10.3. The van der Waals surface area contributed by atoms with Crippen molar-refractivity contribution in [2.24, 2.45) is 5.11 Å². The fraction of sp³-hybridized carbons (Fsp3) is 0.333. The molecule has 0 atom stereocenters. The van der Waals surface area contributed by atoms with Gasteiger partial charge in [-0.15, -0.1) is 11.3 Å². The van der Waals surface area contributed by atoms with Crippen molar-refractivity contribution in [1.29, 1.82) is 0 Å². The first kappa shape index (κ1) is 8.59. The average Bonchev–Trinajstić information content (AvgIpc) is 2.37. The number of halogens is 1. The smallest absolute Gasteiger partial charge is 0.0314 e. The Morgan fingerprint density at radius 1 is 1.73 bits per heavy atom. The number of rotatable bonds is 3. The Kier molecular flexibility index (Phi) is 3.42. The lowest BCUT2D eigenvalue weighted by Gasteiger charge is -1.91. The Bertz CT molecular complexity index is 277. The van der Waals surface area contributed by atoms with Crippen LogP contribution in [0.5, 0.6) is 0 Å². The van der Waals surface area contributed by atoms with E-state index < -0.39 is 0 Å². The summed E-state index contributed by atoms with van der Waals surface area (Å²) < 4.78 is 1.11. The maximum absolute atomic E-state index is 8.01. The van der Waals surface area contributed by atoms with E-state index in [2.05, 4.69) is 26.0 Å². The van der Waals surface area contributed by atoms with Gasteiger partial charge in [0.25, 0.3) is 0 Å². The van der Waals surface area contributed by atoms with Crippen LogP contribution in [0.25, 0.3) is 10.4 Å². The molecule has 0 aliphatic rings. The molecule has 58 valence electrons. The van der Waals surface area contributed by atoms with Crippen molar-refractivity contribution in [3.8, 4) is 0 Å². The quantitative estimate of drug-likeness (QED) is 0.436. The second-order valence-electron chi connectivity index (χ2n) is 1.90. The largest absolute Gasteiger partial charge is 0.148 e. The Labute approximate surface area is 76.8 Å². The summed E-state index contributed by atoms with van der Waals surface area (Å²) in [5, 5.41) is 5.46. The summed E-state index contributed by atoms with van der Waals surface area (Å²) in [6.45, 7) is 0.537. The minimum Gasteiger partial charge on any atom is -0.148 e. The zero-order valence-electron chi connectivity index (χ0n) is 5.70. The van der Waals surface area contributed by atoms with Gasteiger partial charge in [0, 0.05) is 20.8 Å². The van der Waals surface area contributed by atoms with Crippen LogP contribution in [0.4, 0.5) is 0 Å². The van der Waals surface area contributed by atoms with Crippen molar-refractivity contribution in [3.05, 3.63) is 31.2 Å². The minimum atomic E-state index is 0.537. The molecule has 0 radical (unpaired) electrons. The minimum absolute atomic E-state index is 0.537. The molecule has 5 heteroatoms. The van der Waals surface area contributed by atoms with Crippen molar-refractivity contribution >= 4 is 27.3 Å².